The van der Waals surface area contributed by atoms with E-state index in [1.54, 1.807) is 0 Å². The van der Waals surface area contributed by atoms with Gasteiger partial charge in [-0.15, -0.1) is 0 Å². The Morgan fingerprint density at radius 1 is 0.611 bits per heavy atom. The first-order valence-electron chi connectivity index (χ1n) is 17.5. The molecule has 0 atom stereocenters. The topological polar surface area (TPSA) is 284 Å². The van der Waals surface area contributed by atoms with Crippen molar-refractivity contribution in [2.24, 2.45) is 11.5 Å². The second-order valence-electron chi connectivity index (χ2n) is 12.5. The lowest BCUT2D eigenvalue weighted by Gasteiger charge is -2.07. The number of aromatic amines is 2. The van der Waals surface area contributed by atoms with Crippen LogP contribution in [-0.2, 0) is 35.5 Å². The average Bonchev–Trinajstić information content (AvgIpc) is 3.62. The molecule has 6 aromatic rings. The van der Waals surface area contributed by atoms with E-state index in [0.29, 0.717) is 48.6 Å². The maximum atomic E-state index is 12.4. The number of amides is 2. The van der Waals surface area contributed by atoms with Gasteiger partial charge < -0.3 is 42.4 Å². The van der Waals surface area contributed by atoms with Gasteiger partial charge in [0, 0.05) is 0 Å². The molecule has 4 heterocycles. The molecule has 0 radical (unpaired) electrons. The van der Waals surface area contributed by atoms with Gasteiger partial charge >= 0.3 is 23.4 Å². The van der Waals surface area contributed by atoms with E-state index in [-0.39, 0.29) is 47.9 Å². The minimum atomic E-state index is -0.390. The fourth-order valence-electron chi connectivity index (χ4n) is 5.39. The van der Waals surface area contributed by atoms with Crippen LogP contribution in [0.5, 0.6) is 12.0 Å². The summed E-state index contributed by atoms with van der Waals surface area (Å²) < 4.78 is 14.0. The Kier molecular flexibility index (Phi) is 12.6. The molecule has 6 rings (SSSR count). The highest BCUT2D eigenvalue weighted by Crippen LogP contribution is 2.20. The maximum absolute atomic E-state index is 12.4. The van der Waals surface area contributed by atoms with Gasteiger partial charge in [0.25, 0.3) is 0 Å². The summed E-state index contributed by atoms with van der Waals surface area (Å²) in [5, 5.41) is 0. The minimum absolute atomic E-state index is 0.151. The second-order valence-corrected chi connectivity index (χ2v) is 12.5. The van der Waals surface area contributed by atoms with Crippen molar-refractivity contribution < 1.29 is 19.1 Å². The lowest BCUT2D eigenvalue weighted by atomic mass is 10.1. The van der Waals surface area contributed by atoms with Crippen molar-refractivity contribution in [3.63, 3.8) is 0 Å². The maximum Gasteiger partial charge on any atom is 0.328 e. The van der Waals surface area contributed by atoms with Gasteiger partial charge in [-0.3, -0.25) is 18.7 Å². The molecule has 0 fully saturated rings. The van der Waals surface area contributed by atoms with Crippen LogP contribution < -0.4 is 43.8 Å². The van der Waals surface area contributed by atoms with Crippen LogP contribution in [0, 0.1) is 0 Å². The van der Waals surface area contributed by atoms with Crippen LogP contribution in [0.15, 0.2) is 58.1 Å². The number of hydrogen-bond acceptors (Lipinski definition) is 12. The highest BCUT2D eigenvalue weighted by Gasteiger charge is 2.17. The van der Waals surface area contributed by atoms with E-state index < -0.39 is 11.8 Å². The molecule has 0 aliphatic heterocycles. The molecule has 0 aliphatic carbocycles. The standard InChI is InChI=1S/2C18H22N6O3/c2*1-2-3-8-27-17-22-15(20)14-16(23-17)24(18(26)21-14)10-12-6-4-11(5-7-12)9-13(19)25/h2*4-7H,2-3,8-10H2,1H3,(H2,19,25)(H,21,26)(H2,20,22,23). The Bertz CT molecular complexity index is 2180. The summed E-state index contributed by atoms with van der Waals surface area (Å²) in [4.78, 5) is 68.9. The number of nitrogens with two attached hydrogens (primary N) is 4. The Balaban J connectivity index is 0.000000208. The van der Waals surface area contributed by atoms with Crippen molar-refractivity contribution in [1.29, 1.82) is 0 Å². The van der Waals surface area contributed by atoms with E-state index in [2.05, 4.69) is 43.8 Å². The zero-order chi connectivity index (χ0) is 38.8. The lowest BCUT2D eigenvalue weighted by Crippen LogP contribution is -2.18. The number of hydrogen-bond donors (Lipinski definition) is 6. The zero-order valence-electron chi connectivity index (χ0n) is 30.1. The number of nitrogen functional groups attached to an aromatic ring is 2. The van der Waals surface area contributed by atoms with E-state index in [4.69, 9.17) is 32.4 Å². The van der Waals surface area contributed by atoms with E-state index in [9.17, 15) is 19.2 Å². The molecule has 0 saturated carbocycles. The predicted molar refractivity (Wildman–Crippen MR) is 203 cm³/mol. The number of benzene rings is 2. The lowest BCUT2D eigenvalue weighted by molar-refractivity contribution is -0.118. The normalized spacial score (nSPS) is 11.0. The Morgan fingerprint density at radius 3 is 1.30 bits per heavy atom. The van der Waals surface area contributed by atoms with Crippen LogP contribution in [0.1, 0.15) is 61.8 Å². The minimum Gasteiger partial charge on any atom is -0.463 e. The van der Waals surface area contributed by atoms with Crippen LogP contribution in [0.4, 0.5) is 11.6 Å². The highest BCUT2D eigenvalue weighted by atomic mass is 16.5. The number of fused-ring (bicyclic) bond motifs is 2. The molecule has 0 saturated heterocycles. The third-order valence-electron chi connectivity index (χ3n) is 8.20. The molecule has 0 spiro atoms. The third-order valence-corrected chi connectivity index (χ3v) is 8.20. The number of nitrogens with one attached hydrogen (secondary N) is 2. The van der Waals surface area contributed by atoms with E-state index in [0.717, 1.165) is 47.9 Å². The van der Waals surface area contributed by atoms with Crippen LogP contribution in [-0.4, -0.2) is 64.1 Å². The summed E-state index contributed by atoms with van der Waals surface area (Å²) >= 11 is 0. The van der Waals surface area contributed by atoms with Crippen LogP contribution in [0.3, 0.4) is 0 Å². The molecule has 18 nitrogen and oxygen atoms in total. The van der Waals surface area contributed by atoms with E-state index >= 15 is 0 Å². The van der Waals surface area contributed by atoms with Gasteiger partial charge in [0.15, 0.2) is 22.9 Å². The summed E-state index contributed by atoms with van der Waals surface area (Å²) in [6, 6.07) is 14.9. The zero-order valence-corrected chi connectivity index (χ0v) is 30.1. The molecular weight excluding hydrogens is 696 g/mol. The number of nitrogens with zero attached hydrogens (tertiary/aromatic N) is 6. The summed E-state index contributed by atoms with van der Waals surface area (Å²) in [5.41, 5.74) is 26.5. The molecule has 0 aliphatic rings. The summed E-state index contributed by atoms with van der Waals surface area (Å²) in [5.74, 6) is -0.449. The van der Waals surface area contributed by atoms with Gasteiger partial charge in [-0.1, -0.05) is 75.2 Å². The summed E-state index contributed by atoms with van der Waals surface area (Å²) in [6.07, 6.45) is 4.07. The molecule has 0 bridgehead atoms. The van der Waals surface area contributed by atoms with E-state index in [1.165, 1.54) is 9.13 Å². The van der Waals surface area contributed by atoms with Gasteiger partial charge in [0.1, 0.15) is 11.0 Å². The largest absolute Gasteiger partial charge is 0.463 e. The van der Waals surface area contributed by atoms with E-state index in [1.807, 2.05) is 48.5 Å². The van der Waals surface area contributed by atoms with Crippen LogP contribution in [0.25, 0.3) is 22.3 Å². The Hall–Kier alpha value is -6.72. The molecular formula is C36H44N12O6. The molecule has 18 heteroatoms. The molecule has 54 heavy (non-hydrogen) atoms. The summed E-state index contributed by atoms with van der Waals surface area (Å²) in [7, 11) is 0. The molecule has 0 unspecified atom stereocenters. The first kappa shape index (κ1) is 38.5. The quantitative estimate of drug-likeness (QED) is 0.0776. The van der Waals surface area contributed by atoms with Crippen molar-refractivity contribution in [3.8, 4) is 12.0 Å². The molecule has 2 amide bonds. The first-order valence-corrected chi connectivity index (χ1v) is 17.5. The number of carbonyl (C=O) groups excluding carboxylic acids is 2. The monoisotopic (exact) mass is 740 g/mol. The number of unbranched alkanes of at least 4 members (excludes halogenated alkanes) is 2. The fraction of sp³-hybridized carbons (Fsp3) is 0.333. The number of imidazole rings is 2. The number of primary amides is 2. The highest BCUT2D eigenvalue weighted by molar-refractivity contribution is 5.83. The molecule has 10 N–H and O–H groups in total. The second kappa shape index (κ2) is 17.7. The van der Waals surface area contributed by atoms with Crippen LogP contribution >= 0.6 is 0 Å². The Labute approximate surface area is 308 Å². The SMILES string of the molecule is CCCCOc1nc(N)c2[nH]c(=O)n(Cc3ccc(CC(N)=O)cc3)c2n1.CCCCOc1nc(N)c2[nH]c(=O)n(Cc3ccc(CC(N)=O)cc3)c2n1. The number of anilines is 2. The summed E-state index contributed by atoms with van der Waals surface area (Å²) in [6.45, 7) is 5.66. The molecule has 2 aromatic carbocycles. The van der Waals surface area contributed by atoms with Gasteiger partial charge in [-0.25, -0.2) is 9.59 Å². The van der Waals surface area contributed by atoms with Crippen molar-refractivity contribution in [1.82, 2.24) is 39.0 Å². The van der Waals surface area contributed by atoms with Crippen molar-refractivity contribution in [3.05, 3.63) is 91.8 Å². The number of ether oxygens (including phenoxy) is 2. The third kappa shape index (κ3) is 9.78. The fourth-order valence-corrected chi connectivity index (χ4v) is 5.39. The number of H-pyrrole nitrogens is 2. The average molecular weight is 741 g/mol. The van der Waals surface area contributed by atoms with Gasteiger partial charge in [0.05, 0.1) is 39.1 Å². The van der Waals surface area contributed by atoms with Crippen molar-refractivity contribution >= 4 is 45.8 Å². The number of aromatic nitrogens is 8. The van der Waals surface area contributed by atoms with Crippen molar-refractivity contribution in [2.45, 2.75) is 65.5 Å². The van der Waals surface area contributed by atoms with Gasteiger partial charge in [-0.2, -0.15) is 19.9 Å². The van der Waals surface area contributed by atoms with Crippen LogP contribution in [0.2, 0.25) is 0 Å². The first-order chi connectivity index (χ1) is 25.9. The van der Waals surface area contributed by atoms with Gasteiger partial charge in [-0.05, 0) is 35.1 Å². The van der Waals surface area contributed by atoms with Crippen molar-refractivity contribution in [2.75, 3.05) is 24.7 Å². The predicted octanol–water partition coefficient (Wildman–Crippen LogP) is 1.91. The molecule has 4 aromatic heterocycles. The number of carbonyl (C=O) groups is 2. The Morgan fingerprint density at radius 2 is 0.963 bits per heavy atom. The smallest absolute Gasteiger partial charge is 0.328 e. The number of rotatable bonds is 16. The molecule has 284 valence electrons. The van der Waals surface area contributed by atoms with Gasteiger partial charge in [0.2, 0.25) is 11.8 Å².